The molecule has 3 N–H and O–H groups in total. The number of aromatic hydroxyl groups is 1. The Morgan fingerprint density at radius 3 is 2.60 bits per heavy atom. The van der Waals surface area contributed by atoms with Crippen molar-refractivity contribution in [2.24, 2.45) is 5.10 Å². The Morgan fingerprint density at radius 2 is 1.88 bits per heavy atom. The number of phenolic OH excluding ortho intramolecular Hbond substituents is 1. The topological polar surface area (TPSA) is 86.6 Å². The monoisotopic (exact) mass is 372 g/mol. The van der Waals surface area contributed by atoms with E-state index < -0.39 is 5.91 Å². The lowest BCUT2D eigenvalue weighted by Gasteiger charge is -2.01. The standard InChI is InChI=1S/C17H13ClN4O2S/c18-12-3-5-13(6-4-12)20-17-21-15(10-25-17)16(24)22-19-9-11-1-7-14(23)8-2-11/h1-10,23H,(H,20,21)(H,22,24)/b19-9+. The van der Waals surface area contributed by atoms with Crippen LogP contribution < -0.4 is 10.7 Å². The minimum atomic E-state index is -0.407. The summed E-state index contributed by atoms with van der Waals surface area (Å²) in [5.41, 5.74) is 4.26. The van der Waals surface area contributed by atoms with E-state index in [0.29, 0.717) is 10.2 Å². The second kappa shape index (κ2) is 7.78. The smallest absolute Gasteiger partial charge is 0.290 e. The van der Waals surface area contributed by atoms with Crippen molar-refractivity contribution < 1.29 is 9.90 Å². The van der Waals surface area contributed by atoms with E-state index in [4.69, 9.17) is 11.6 Å². The largest absolute Gasteiger partial charge is 0.508 e. The maximum atomic E-state index is 12.0. The summed E-state index contributed by atoms with van der Waals surface area (Å²) < 4.78 is 0. The molecule has 0 spiro atoms. The van der Waals surface area contributed by atoms with E-state index in [-0.39, 0.29) is 11.4 Å². The van der Waals surface area contributed by atoms with Gasteiger partial charge < -0.3 is 10.4 Å². The second-order valence-electron chi connectivity index (χ2n) is 4.96. The Kier molecular flexibility index (Phi) is 5.27. The van der Waals surface area contributed by atoms with Gasteiger partial charge in [-0.15, -0.1) is 11.3 Å². The molecule has 1 aromatic heterocycles. The number of hydrogen-bond donors (Lipinski definition) is 3. The molecule has 2 aromatic carbocycles. The normalized spacial score (nSPS) is 10.8. The highest BCUT2D eigenvalue weighted by molar-refractivity contribution is 7.14. The SMILES string of the molecule is O=C(N/N=C/c1ccc(O)cc1)c1csc(Nc2ccc(Cl)cc2)n1. The van der Waals surface area contributed by atoms with E-state index in [1.54, 1.807) is 29.6 Å². The highest BCUT2D eigenvalue weighted by atomic mass is 35.5. The Hall–Kier alpha value is -2.90. The molecule has 1 heterocycles. The fourth-order valence-electron chi connectivity index (χ4n) is 1.88. The number of benzene rings is 2. The summed E-state index contributed by atoms with van der Waals surface area (Å²) in [6.07, 6.45) is 1.48. The number of rotatable bonds is 5. The van der Waals surface area contributed by atoms with Gasteiger partial charge in [0.15, 0.2) is 5.13 Å². The van der Waals surface area contributed by atoms with Crippen molar-refractivity contribution in [3.05, 3.63) is 70.2 Å². The lowest BCUT2D eigenvalue weighted by atomic mass is 10.2. The van der Waals surface area contributed by atoms with Gasteiger partial charge in [-0.1, -0.05) is 11.6 Å². The molecule has 8 heteroatoms. The van der Waals surface area contributed by atoms with E-state index in [1.807, 2.05) is 12.1 Å². The molecule has 25 heavy (non-hydrogen) atoms. The number of hydrogen-bond acceptors (Lipinski definition) is 6. The number of carbonyl (C=O) groups excluding carboxylic acids is 1. The first-order valence-electron chi connectivity index (χ1n) is 7.21. The van der Waals surface area contributed by atoms with Crippen LogP contribution in [0.25, 0.3) is 0 Å². The number of halogens is 1. The van der Waals surface area contributed by atoms with Gasteiger partial charge in [0.1, 0.15) is 11.4 Å². The van der Waals surface area contributed by atoms with E-state index in [0.717, 1.165) is 11.3 Å². The van der Waals surface area contributed by atoms with Crippen LogP contribution in [-0.2, 0) is 0 Å². The molecular weight excluding hydrogens is 360 g/mol. The fraction of sp³-hybridized carbons (Fsp3) is 0. The number of anilines is 2. The first-order valence-corrected chi connectivity index (χ1v) is 8.46. The van der Waals surface area contributed by atoms with Gasteiger partial charge in [-0.2, -0.15) is 5.10 Å². The summed E-state index contributed by atoms with van der Waals surface area (Å²) in [5, 5.41) is 19.1. The number of hydrazone groups is 1. The van der Waals surface area contributed by atoms with Crippen molar-refractivity contribution in [1.29, 1.82) is 0 Å². The molecule has 0 saturated heterocycles. The summed E-state index contributed by atoms with van der Waals surface area (Å²) in [7, 11) is 0. The minimum Gasteiger partial charge on any atom is -0.508 e. The van der Waals surface area contributed by atoms with Gasteiger partial charge in [0.2, 0.25) is 0 Å². The Bertz CT molecular complexity index is 892. The number of carbonyl (C=O) groups is 1. The Morgan fingerprint density at radius 1 is 1.16 bits per heavy atom. The zero-order valence-corrected chi connectivity index (χ0v) is 14.4. The Balaban J connectivity index is 1.58. The molecule has 0 radical (unpaired) electrons. The number of phenols is 1. The predicted octanol–water partition coefficient (Wildman–Crippen LogP) is 4.01. The van der Waals surface area contributed by atoms with Crippen molar-refractivity contribution in [3.8, 4) is 5.75 Å². The molecule has 0 fully saturated rings. The average molecular weight is 373 g/mol. The van der Waals surface area contributed by atoms with Gasteiger partial charge >= 0.3 is 0 Å². The number of amides is 1. The lowest BCUT2D eigenvalue weighted by molar-refractivity contribution is 0.0951. The molecule has 0 unspecified atom stereocenters. The predicted molar refractivity (Wildman–Crippen MR) is 100 cm³/mol. The van der Waals surface area contributed by atoms with Gasteiger partial charge in [0, 0.05) is 16.1 Å². The average Bonchev–Trinajstić information content (AvgIpc) is 3.07. The number of nitrogens with zero attached hydrogens (tertiary/aromatic N) is 2. The number of nitrogens with one attached hydrogen (secondary N) is 2. The quantitative estimate of drug-likeness (QED) is 0.466. The molecule has 0 atom stereocenters. The maximum absolute atomic E-state index is 12.0. The van der Waals surface area contributed by atoms with Crippen LogP contribution in [0, 0.1) is 0 Å². The van der Waals surface area contributed by atoms with Gasteiger partial charge in [0.05, 0.1) is 6.21 Å². The van der Waals surface area contributed by atoms with Crippen molar-refractivity contribution in [1.82, 2.24) is 10.4 Å². The van der Waals surface area contributed by atoms with Crippen molar-refractivity contribution in [2.75, 3.05) is 5.32 Å². The van der Waals surface area contributed by atoms with E-state index in [2.05, 4.69) is 20.8 Å². The van der Waals surface area contributed by atoms with Gasteiger partial charge in [-0.05, 0) is 54.1 Å². The van der Waals surface area contributed by atoms with Crippen molar-refractivity contribution in [3.63, 3.8) is 0 Å². The van der Waals surface area contributed by atoms with Crippen LogP contribution in [0.5, 0.6) is 5.75 Å². The third kappa shape index (κ3) is 4.79. The van der Waals surface area contributed by atoms with Crippen LogP contribution in [0.2, 0.25) is 5.02 Å². The third-order valence-corrected chi connectivity index (χ3v) is 4.11. The zero-order chi connectivity index (χ0) is 17.6. The van der Waals surface area contributed by atoms with Gasteiger partial charge in [-0.3, -0.25) is 4.79 Å². The third-order valence-electron chi connectivity index (χ3n) is 3.11. The van der Waals surface area contributed by atoms with Crippen molar-refractivity contribution in [2.45, 2.75) is 0 Å². The first kappa shape index (κ1) is 16.9. The Labute approximate surface area is 152 Å². The summed E-state index contributed by atoms with van der Waals surface area (Å²) in [5.74, 6) is -0.236. The zero-order valence-electron chi connectivity index (χ0n) is 12.8. The van der Waals surface area contributed by atoms with Crippen molar-refractivity contribution >= 4 is 45.9 Å². The molecule has 0 saturated carbocycles. The minimum absolute atomic E-state index is 0.171. The summed E-state index contributed by atoms with van der Waals surface area (Å²) in [6, 6.07) is 13.6. The molecule has 1 amide bonds. The van der Waals surface area contributed by atoms with E-state index >= 15 is 0 Å². The van der Waals surface area contributed by atoms with E-state index in [1.165, 1.54) is 29.7 Å². The number of aromatic nitrogens is 1. The van der Waals surface area contributed by atoms with Gasteiger partial charge in [0.25, 0.3) is 5.91 Å². The summed E-state index contributed by atoms with van der Waals surface area (Å²) in [6.45, 7) is 0. The van der Waals surface area contributed by atoms with Crippen LogP contribution in [0.1, 0.15) is 16.1 Å². The van der Waals surface area contributed by atoms with Crippen LogP contribution >= 0.6 is 22.9 Å². The molecule has 6 nitrogen and oxygen atoms in total. The number of thiazole rings is 1. The first-order chi connectivity index (χ1) is 12.1. The molecule has 0 aliphatic carbocycles. The van der Waals surface area contributed by atoms with Crippen LogP contribution in [0.3, 0.4) is 0 Å². The van der Waals surface area contributed by atoms with Crippen LogP contribution in [0.4, 0.5) is 10.8 Å². The lowest BCUT2D eigenvalue weighted by Crippen LogP contribution is -2.18. The molecule has 3 rings (SSSR count). The molecule has 0 aliphatic heterocycles. The maximum Gasteiger partial charge on any atom is 0.290 e. The second-order valence-corrected chi connectivity index (χ2v) is 6.25. The van der Waals surface area contributed by atoms with Crippen LogP contribution in [0.15, 0.2) is 59.0 Å². The van der Waals surface area contributed by atoms with Gasteiger partial charge in [-0.25, -0.2) is 10.4 Å². The summed E-state index contributed by atoms with van der Waals surface area (Å²) in [4.78, 5) is 16.3. The summed E-state index contributed by atoms with van der Waals surface area (Å²) >= 11 is 7.15. The van der Waals surface area contributed by atoms with E-state index in [9.17, 15) is 9.90 Å². The highest BCUT2D eigenvalue weighted by Crippen LogP contribution is 2.22. The molecule has 0 bridgehead atoms. The molecule has 3 aromatic rings. The highest BCUT2D eigenvalue weighted by Gasteiger charge is 2.10. The van der Waals surface area contributed by atoms with Crippen LogP contribution in [-0.4, -0.2) is 22.2 Å². The molecule has 126 valence electrons. The molecular formula is C17H13ClN4O2S. The molecule has 0 aliphatic rings. The fourth-order valence-corrected chi connectivity index (χ4v) is 2.71.